The van der Waals surface area contributed by atoms with Gasteiger partial charge in [0, 0.05) is 0 Å². The van der Waals surface area contributed by atoms with Gasteiger partial charge in [0.1, 0.15) is 0 Å². The maximum Gasteiger partial charge on any atom is 0.457 e. The van der Waals surface area contributed by atoms with Crippen LogP contribution >= 0.6 is 0 Å². The Hall–Kier alpha value is -2.16. The molecule has 0 aliphatic heterocycles. The van der Waals surface area contributed by atoms with Crippen LogP contribution in [0.3, 0.4) is 0 Å². The van der Waals surface area contributed by atoms with Crippen LogP contribution in [0.1, 0.15) is 5.56 Å². The van der Waals surface area contributed by atoms with Crippen LogP contribution in [0.4, 0.5) is 35.1 Å². The Kier molecular flexibility index (Phi) is 4.58. The standard InChI is InChI=1S/C16H10F8O/c17-14(18,16(22,23)24)13(25,15(19,20)21)12-8-6-11(7-9-12)10-4-2-1-3-5-10/h1-9,25H. The van der Waals surface area contributed by atoms with E-state index in [1.54, 1.807) is 30.3 Å². The molecule has 136 valence electrons. The molecule has 1 atom stereocenters. The maximum atomic E-state index is 13.5. The molecule has 2 aromatic rings. The molecule has 0 fully saturated rings. The molecule has 0 heterocycles. The van der Waals surface area contributed by atoms with Crippen molar-refractivity contribution in [3.05, 3.63) is 60.2 Å². The lowest BCUT2D eigenvalue weighted by molar-refractivity contribution is -0.409. The van der Waals surface area contributed by atoms with E-state index in [9.17, 15) is 40.2 Å². The molecule has 2 aromatic carbocycles. The summed E-state index contributed by atoms with van der Waals surface area (Å²) in [4.78, 5) is 0. The molecule has 0 spiro atoms. The second-order valence-corrected chi connectivity index (χ2v) is 5.22. The van der Waals surface area contributed by atoms with Crippen LogP contribution in [0.15, 0.2) is 54.6 Å². The fourth-order valence-corrected chi connectivity index (χ4v) is 2.26. The van der Waals surface area contributed by atoms with E-state index in [4.69, 9.17) is 0 Å². The third kappa shape index (κ3) is 3.08. The van der Waals surface area contributed by atoms with Gasteiger partial charge < -0.3 is 5.11 Å². The molecule has 1 unspecified atom stereocenters. The fraction of sp³-hybridized carbons (Fsp3) is 0.250. The van der Waals surface area contributed by atoms with Crippen molar-refractivity contribution >= 4 is 0 Å². The molecular weight excluding hydrogens is 360 g/mol. The largest absolute Gasteiger partial charge is 0.457 e. The number of aliphatic hydroxyl groups is 1. The van der Waals surface area contributed by atoms with Crippen LogP contribution in [0, 0.1) is 0 Å². The molecule has 0 amide bonds. The summed E-state index contributed by atoms with van der Waals surface area (Å²) in [5.41, 5.74) is -6.23. The topological polar surface area (TPSA) is 20.2 Å². The van der Waals surface area contributed by atoms with Crippen LogP contribution in [-0.2, 0) is 5.60 Å². The highest BCUT2D eigenvalue weighted by Crippen LogP contribution is 2.55. The SMILES string of the molecule is OC(c1ccc(-c2ccccc2)cc1)(C(F)(F)F)C(F)(F)C(F)(F)F. The van der Waals surface area contributed by atoms with E-state index in [0.717, 1.165) is 12.1 Å². The van der Waals surface area contributed by atoms with Crippen LogP contribution in [0.25, 0.3) is 11.1 Å². The van der Waals surface area contributed by atoms with E-state index in [1.165, 1.54) is 0 Å². The van der Waals surface area contributed by atoms with Gasteiger partial charge in [-0.25, -0.2) is 0 Å². The van der Waals surface area contributed by atoms with Crippen molar-refractivity contribution < 1.29 is 40.2 Å². The first-order valence-electron chi connectivity index (χ1n) is 6.72. The van der Waals surface area contributed by atoms with Gasteiger partial charge in [-0.2, -0.15) is 35.1 Å². The Morgan fingerprint density at radius 3 is 1.40 bits per heavy atom. The minimum Gasteiger partial charge on any atom is -0.371 e. The molecule has 0 saturated heterocycles. The molecule has 0 aliphatic carbocycles. The van der Waals surface area contributed by atoms with E-state index < -0.39 is 29.4 Å². The van der Waals surface area contributed by atoms with E-state index in [2.05, 4.69) is 0 Å². The summed E-state index contributed by atoms with van der Waals surface area (Å²) in [6.07, 6.45) is -12.9. The first-order valence-corrected chi connectivity index (χ1v) is 6.72. The van der Waals surface area contributed by atoms with Gasteiger partial charge in [-0.15, -0.1) is 0 Å². The van der Waals surface area contributed by atoms with Crippen molar-refractivity contribution in [3.63, 3.8) is 0 Å². The zero-order chi connectivity index (χ0) is 19.1. The zero-order valence-electron chi connectivity index (χ0n) is 12.2. The summed E-state index contributed by atoms with van der Waals surface area (Å²) < 4.78 is 103. The lowest BCUT2D eigenvalue weighted by Crippen LogP contribution is -2.62. The molecule has 0 aromatic heterocycles. The number of rotatable bonds is 3. The zero-order valence-corrected chi connectivity index (χ0v) is 12.2. The van der Waals surface area contributed by atoms with Gasteiger partial charge in [0.05, 0.1) is 0 Å². The minimum absolute atomic E-state index is 0.282. The molecular formula is C16H10F8O. The predicted octanol–water partition coefficient (Wildman–Crippen LogP) is 5.30. The summed E-state index contributed by atoms with van der Waals surface area (Å²) in [5, 5.41) is 9.45. The minimum atomic E-state index is -6.60. The molecule has 0 bridgehead atoms. The van der Waals surface area contributed by atoms with E-state index in [1.807, 2.05) is 0 Å². The first kappa shape index (κ1) is 19.2. The number of alkyl halides is 8. The molecule has 1 N–H and O–H groups in total. The number of halogens is 8. The highest BCUT2D eigenvalue weighted by molar-refractivity contribution is 5.63. The molecule has 9 heteroatoms. The molecule has 0 saturated carbocycles. The lowest BCUT2D eigenvalue weighted by Gasteiger charge is -2.38. The van der Waals surface area contributed by atoms with Crippen molar-refractivity contribution in [2.24, 2.45) is 0 Å². The Morgan fingerprint density at radius 2 is 1.00 bits per heavy atom. The monoisotopic (exact) mass is 370 g/mol. The first-order chi connectivity index (χ1) is 11.3. The average Bonchev–Trinajstić information content (AvgIpc) is 2.53. The van der Waals surface area contributed by atoms with Gasteiger partial charge in [0.2, 0.25) is 0 Å². The summed E-state index contributed by atoms with van der Waals surface area (Å²) in [6.45, 7) is 0. The van der Waals surface area contributed by atoms with E-state index >= 15 is 0 Å². The Balaban J connectivity index is 2.58. The molecule has 25 heavy (non-hydrogen) atoms. The van der Waals surface area contributed by atoms with Gasteiger partial charge in [0.25, 0.3) is 5.60 Å². The van der Waals surface area contributed by atoms with E-state index in [-0.39, 0.29) is 5.56 Å². The van der Waals surface area contributed by atoms with Gasteiger partial charge in [-0.1, -0.05) is 54.6 Å². The fourth-order valence-electron chi connectivity index (χ4n) is 2.26. The number of hydrogen-bond acceptors (Lipinski definition) is 1. The predicted molar refractivity (Wildman–Crippen MR) is 72.8 cm³/mol. The van der Waals surface area contributed by atoms with Gasteiger partial charge >= 0.3 is 18.3 Å². The maximum absolute atomic E-state index is 13.5. The van der Waals surface area contributed by atoms with Gasteiger partial charge in [-0.3, -0.25) is 0 Å². The Labute approximate surface area is 136 Å². The lowest BCUT2D eigenvalue weighted by atomic mass is 9.85. The highest BCUT2D eigenvalue weighted by atomic mass is 19.4. The van der Waals surface area contributed by atoms with Crippen molar-refractivity contribution in [1.29, 1.82) is 0 Å². The third-order valence-electron chi connectivity index (χ3n) is 3.63. The Bertz CT molecular complexity index is 719. The summed E-state index contributed by atoms with van der Waals surface area (Å²) in [7, 11) is 0. The van der Waals surface area contributed by atoms with Crippen LogP contribution in [0.2, 0.25) is 0 Å². The number of hydrogen-bond donors (Lipinski definition) is 1. The van der Waals surface area contributed by atoms with Crippen LogP contribution in [0.5, 0.6) is 0 Å². The van der Waals surface area contributed by atoms with Gasteiger partial charge in [0.15, 0.2) is 0 Å². The molecule has 1 nitrogen and oxygen atoms in total. The van der Waals surface area contributed by atoms with Crippen LogP contribution in [-0.4, -0.2) is 23.4 Å². The average molecular weight is 370 g/mol. The van der Waals surface area contributed by atoms with Gasteiger partial charge in [-0.05, 0) is 16.7 Å². The summed E-state index contributed by atoms with van der Waals surface area (Å²) in [5.74, 6) is -6.44. The third-order valence-corrected chi connectivity index (χ3v) is 3.63. The summed E-state index contributed by atoms with van der Waals surface area (Å²) in [6, 6.07) is 10.6. The van der Waals surface area contributed by atoms with Crippen molar-refractivity contribution in [3.8, 4) is 11.1 Å². The second-order valence-electron chi connectivity index (χ2n) is 5.22. The van der Waals surface area contributed by atoms with Crippen molar-refractivity contribution in [2.75, 3.05) is 0 Å². The molecule has 0 radical (unpaired) electrons. The molecule has 2 rings (SSSR count). The molecule has 0 aliphatic rings. The van der Waals surface area contributed by atoms with Crippen molar-refractivity contribution in [1.82, 2.24) is 0 Å². The van der Waals surface area contributed by atoms with Crippen LogP contribution < -0.4 is 0 Å². The number of benzene rings is 2. The Morgan fingerprint density at radius 1 is 0.560 bits per heavy atom. The smallest absolute Gasteiger partial charge is 0.371 e. The quantitative estimate of drug-likeness (QED) is 0.727. The highest BCUT2D eigenvalue weighted by Gasteiger charge is 2.80. The normalized spacial score (nSPS) is 15.7. The second kappa shape index (κ2) is 5.98. The van der Waals surface area contributed by atoms with Crippen molar-refractivity contribution in [2.45, 2.75) is 23.9 Å². The van der Waals surface area contributed by atoms with E-state index in [0.29, 0.717) is 17.7 Å². The summed E-state index contributed by atoms with van der Waals surface area (Å²) >= 11 is 0.